The van der Waals surface area contributed by atoms with Crippen molar-refractivity contribution in [2.75, 3.05) is 4.90 Å². The fraction of sp³-hybridized carbons (Fsp3) is 0.143. The lowest BCUT2D eigenvalue weighted by Gasteiger charge is -2.35. The van der Waals surface area contributed by atoms with E-state index in [1.807, 2.05) is 0 Å². The molecule has 1 heteroatoms. The Bertz CT molecular complexity index is 4090. The average molecular weight is 1000 g/mol. The summed E-state index contributed by atoms with van der Waals surface area (Å²) in [6.45, 7) is 13.8. The molecule has 14 rings (SSSR count). The second kappa shape index (κ2) is 18.2. The maximum Gasteiger partial charge on any atom is 0.0714 e. The predicted octanol–water partition coefficient (Wildman–Crippen LogP) is 20.1. The zero-order valence-electron chi connectivity index (χ0n) is 45.4. The van der Waals surface area contributed by atoms with Crippen LogP contribution in [0.4, 0.5) is 17.1 Å². The van der Waals surface area contributed by atoms with E-state index in [1.165, 1.54) is 111 Å². The average Bonchev–Trinajstić information content (AvgIpc) is 4.12. The first-order valence-electron chi connectivity index (χ1n) is 28.0. The van der Waals surface area contributed by atoms with Crippen molar-refractivity contribution < 1.29 is 0 Å². The topological polar surface area (TPSA) is 3.24 Å². The smallest absolute Gasteiger partial charge is 0.0714 e. The molecule has 11 aromatic carbocycles. The summed E-state index contributed by atoms with van der Waals surface area (Å²) < 4.78 is 0. The highest BCUT2D eigenvalue weighted by molar-refractivity contribution is 5.93. The van der Waals surface area contributed by atoms with Crippen LogP contribution in [-0.2, 0) is 16.2 Å². The van der Waals surface area contributed by atoms with Gasteiger partial charge in [-0.3, -0.25) is 0 Å². The minimum atomic E-state index is -0.563. The van der Waals surface area contributed by atoms with Gasteiger partial charge in [0.1, 0.15) is 0 Å². The van der Waals surface area contributed by atoms with Crippen LogP contribution in [0.3, 0.4) is 0 Å². The van der Waals surface area contributed by atoms with Gasteiger partial charge in [0.05, 0.1) is 10.8 Å². The van der Waals surface area contributed by atoms with E-state index < -0.39 is 10.8 Å². The molecule has 11 aromatic rings. The van der Waals surface area contributed by atoms with E-state index in [0.717, 1.165) is 17.1 Å². The Morgan fingerprint density at radius 2 is 0.641 bits per heavy atom. The maximum atomic E-state index is 2.51. The lowest BCUT2D eigenvalue weighted by Crippen LogP contribution is -2.29. The summed E-state index contributed by atoms with van der Waals surface area (Å²) in [6.07, 6.45) is 0. The minimum absolute atomic E-state index is 0.0444. The van der Waals surface area contributed by atoms with Gasteiger partial charge in [-0.05, 0) is 166 Å². The van der Waals surface area contributed by atoms with Crippen molar-refractivity contribution in [1.82, 2.24) is 0 Å². The van der Waals surface area contributed by atoms with E-state index in [4.69, 9.17) is 0 Å². The molecule has 0 heterocycles. The summed E-state index contributed by atoms with van der Waals surface area (Å²) in [5.74, 6) is 0.864. The van der Waals surface area contributed by atoms with Gasteiger partial charge in [-0.1, -0.05) is 260 Å². The molecule has 3 aliphatic carbocycles. The zero-order chi connectivity index (χ0) is 52.9. The zero-order valence-corrected chi connectivity index (χ0v) is 45.4. The number of anilines is 3. The van der Waals surface area contributed by atoms with E-state index in [-0.39, 0.29) is 5.41 Å². The van der Waals surface area contributed by atoms with Gasteiger partial charge in [-0.2, -0.15) is 0 Å². The second-order valence-corrected chi connectivity index (χ2v) is 23.1. The van der Waals surface area contributed by atoms with Gasteiger partial charge in [0.2, 0.25) is 0 Å². The Morgan fingerprint density at radius 3 is 1.21 bits per heavy atom. The molecule has 0 fully saturated rings. The third kappa shape index (κ3) is 7.00. The van der Waals surface area contributed by atoms with Crippen molar-refractivity contribution in [1.29, 1.82) is 0 Å². The normalized spacial score (nSPS) is 17.0. The lowest BCUT2D eigenvalue weighted by molar-refractivity contribution is 0.660. The summed E-state index contributed by atoms with van der Waals surface area (Å²) in [7, 11) is 0. The van der Waals surface area contributed by atoms with E-state index in [9.17, 15) is 0 Å². The molecular formula is C77H63N. The summed E-state index contributed by atoms with van der Waals surface area (Å²) in [6, 6.07) is 99.5. The Balaban J connectivity index is 0.987. The molecule has 0 bridgehead atoms. The van der Waals surface area contributed by atoms with Crippen LogP contribution in [0.2, 0.25) is 0 Å². The first-order valence-corrected chi connectivity index (χ1v) is 28.0. The number of hydrogen-bond donors (Lipinski definition) is 0. The molecule has 0 saturated carbocycles. The van der Waals surface area contributed by atoms with Crippen molar-refractivity contribution in [3.05, 3.63) is 328 Å². The Morgan fingerprint density at radius 1 is 0.269 bits per heavy atom. The van der Waals surface area contributed by atoms with Gasteiger partial charge in [-0.25, -0.2) is 0 Å². The monoisotopic (exact) mass is 1000 g/mol. The summed E-state index contributed by atoms with van der Waals surface area (Å²) in [4.78, 5) is 2.51. The number of hydrogen-bond acceptors (Lipinski definition) is 1. The number of nitrogens with zero attached hydrogens (tertiary/aromatic N) is 1. The fourth-order valence-electron chi connectivity index (χ4n) is 14.2. The van der Waals surface area contributed by atoms with Crippen molar-refractivity contribution in [3.8, 4) is 44.5 Å². The van der Waals surface area contributed by atoms with Crippen LogP contribution in [0.1, 0.15) is 120 Å². The number of rotatable bonds is 10. The highest BCUT2D eigenvalue weighted by atomic mass is 15.1. The number of benzene rings is 11. The van der Waals surface area contributed by atoms with E-state index in [1.54, 1.807) is 0 Å². The van der Waals surface area contributed by atoms with E-state index in [0.29, 0.717) is 11.8 Å². The largest absolute Gasteiger partial charge is 0.310 e. The molecule has 2 unspecified atom stereocenters. The Kier molecular flexibility index (Phi) is 11.1. The van der Waals surface area contributed by atoms with Gasteiger partial charge in [0.25, 0.3) is 0 Å². The highest BCUT2D eigenvalue weighted by Crippen LogP contribution is 2.60. The molecule has 376 valence electrons. The molecule has 0 radical (unpaired) electrons. The molecule has 3 aliphatic rings. The first-order chi connectivity index (χ1) is 38.1. The van der Waals surface area contributed by atoms with Crippen LogP contribution in [0.15, 0.2) is 261 Å². The Labute approximate surface area is 461 Å². The van der Waals surface area contributed by atoms with E-state index >= 15 is 0 Å². The number of fused-ring (bicyclic) bond motifs is 9. The van der Waals surface area contributed by atoms with Crippen molar-refractivity contribution in [2.45, 2.75) is 69.6 Å². The van der Waals surface area contributed by atoms with Crippen molar-refractivity contribution in [2.24, 2.45) is 0 Å². The van der Waals surface area contributed by atoms with E-state index in [2.05, 4.69) is 307 Å². The molecule has 2 atom stereocenters. The molecule has 0 aromatic heterocycles. The molecule has 1 nitrogen and oxygen atoms in total. The first kappa shape index (κ1) is 47.7. The molecule has 78 heavy (non-hydrogen) atoms. The summed E-state index contributed by atoms with van der Waals surface area (Å²) in [5.41, 5.74) is 28.1. The third-order valence-corrected chi connectivity index (χ3v) is 18.0. The van der Waals surface area contributed by atoms with Crippen LogP contribution in [0.25, 0.3) is 44.5 Å². The molecule has 0 spiro atoms. The predicted molar refractivity (Wildman–Crippen MR) is 327 cm³/mol. The van der Waals surface area contributed by atoms with Gasteiger partial charge in [0.15, 0.2) is 0 Å². The third-order valence-electron chi connectivity index (χ3n) is 18.0. The van der Waals surface area contributed by atoms with Crippen LogP contribution in [0.5, 0.6) is 0 Å². The standard InChI is InChI=1S/C77H63N/c1-50(2)52-29-36-58(37-30-52)76(56-19-9-7-10-20-56)72-28-18-15-25-65(72)68-48-61(43-46-73(68)76)78(60-40-33-54(34-41-60)55-35-45-70-67(47-55)64-24-13-16-26-69(64)75(70,5)6)62-42-44-66-63-23-14-17-27-71(63)77(74(66)49-62,57-21-11-8-12-22-57)59-38-31-53(32-39-59)51(3)4/h7-51H,1-6H3. The van der Waals surface area contributed by atoms with Gasteiger partial charge < -0.3 is 4.90 Å². The van der Waals surface area contributed by atoms with Crippen LogP contribution >= 0.6 is 0 Å². The molecule has 0 N–H and O–H groups in total. The van der Waals surface area contributed by atoms with Crippen molar-refractivity contribution in [3.63, 3.8) is 0 Å². The maximum absolute atomic E-state index is 2.51. The Hall–Kier alpha value is -8.78. The summed E-state index contributed by atoms with van der Waals surface area (Å²) >= 11 is 0. The highest BCUT2D eigenvalue weighted by Gasteiger charge is 2.48. The molecule has 0 saturated heterocycles. The van der Waals surface area contributed by atoms with Crippen LogP contribution in [0, 0.1) is 0 Å². The molecular weight excluding hydrogens is 939 g/mol. The quantitative estimate of drug-likeness (QED) is 0.132. The molecule has 0 amide bonds. The second-order valence-electron chi connectivity index (χ2n) is 23.1. The lowest BCUT2D eigenvalue weighted by atomic mass is 9.67. The fourth-order valence-corrected chi connectivity index (χ4v) is 14.2. The van der Waals surface area contributed by atoms with Gasteiger partial charge >= 0.3 is 0 Å². The van der Waals surface area contributed by atoms with Gasteiger partial charge in [-0.15, -0.1) is 0 Å². The van der Waals surface area contributed by atoms with Crippen LogP contribution < -0.4 is 4.90 Å². The van der Waals surface area contributed by atoms with Crippen LogP contribution in [-0.4, -0.2) is 0 Å². The van der Waals surface area contributed by atoms with Crippen molar-refractivity contribution >= 4 is 17.1 Å². The SMILES string of the molecule is CC(C)c1ccc(C2(c3ccccc3)c3ccccc3-c3cc(N(c4ccc(-c5ccc6c(c5)-c5ccccc5C6(C)C)cc4)c4ccc5c(c4)C(c4ccccc4)(c4ccc(C(C)C)cc4)c4ccccc4-5)ccc32)cc1. The summed E-state index contributed by atoms with van der Waals surface area (Å²) in [5, 5.41) is 0. The minimum Gasteiger partial charge on any atom is -0.310 e. The molecule has 0 aliphatic heterocycles. The van der Waals surface area contributed by atoms with Gasteiger partial charge in [0, 0.05) is 22.5 Å².